The molecular formula is C10H9ClN6O3. The summed E-state index contributed by atoms with van der Waals surface area (Å²) in [5.74, 6) is -0.803. The molecule has 10 heteroatoms. The first-order valence-corrected chi connectivity index (χ1v) is 5.74. The molecule has 0 aliphatic carbocycles. The molecule has 0 saturated heterocycles. The van der Waals surface area contributed by atoms with Crippen LogP contribution in [0, 0.1) is 0 Å². The van der Waals surface area contributed by atoms with E-state index in [-0.39, 0.29) is 17.1 Å². The van der Waals surface area contributed by atoms with Gasteiger partial charge in [0.25, 0.3) is 0 Å². The zero-order chi connectivity index (χ0) is 14.5. The first kappa shape index (κ1) is 13.7. The van der Waals surface area contributed by atoms with Crippen LogP contribution < -0.4 is 10.6 Å². The molecule has 9 nitrogen and oxygen atoms in total. The van der Waals surface area contributed by atoms with Crippen LogP contribution in [0.5, 0.6) is 0 Å². The number of halogens is 1. The molecule has 0 aliphatic rings. The summed E-state index contributed by atoms with van der Waals surface area (Å²) in [5, 5.41) is 26.8. The molecule has 0 spiro atoms. The predicted molar refractivity (Wildman–Crippen MR) is 68.4 cm³/mol. The number of carbonyl (C=O) groups excluding carboxylic acids is 1. The van der Waals surface area contributed by atoms with Gasteiger partial charge >= 0.3 is 12.0 Å². The minimum absolute atomic E-state index is 0.0356. The Hall–Kier alpha value is -2.68. The van der Waals surface area contributed by atoms with Crippen LogP contribution in [0.4, 0.5) is 10.5 Å². The molecule has 0 unspecified atom stereocenters. The molecule has 20 heavy (non-hydrogen) atoms. The van der Waals surface area contributed by atoms with Gasteiger partial charge < -0.3 is 15.7 Å². The van der Waals surface area contributed by atoms with Crippen LogP contribution >= 0.6 is 11.6 Å². The zero-order valence-corrected chi connectivity index (χ0v) is 10.7. The van der Waals surface area contributed by atoms with E-state index in [9.17, 15) is 9.59 Å². The Labute approximate surface area is 117 Å². The summed E-state index contributed by atoms with van der Waals surface area (Å²) in [6, 6.07) is 3.58. The smallest absolute Gasteiger partial charge is 0.337 e. The first-order valence-electron chi connectivity index (χ1n) is 5.36. The number of nitrogens with one attached hydrogen (secondary N) is 3. The number of aromatic nitrogens is 4. The van der Waals surface area contributed by atoms with Gasteiger partial charge in [0.1, 0.15) is 0 Å². The van der Waals surface area contributed by atoms with Gasteiger partial charge in [0.05, 0.1) is 17.1 Å². The number of carboxylic acids is 1. The summed E-state index contributed by atoms with van der Waals surface area (Å²) >= 11 is 5.78. The molecule has 2 rings (SSSR count). The van der Waals surface area contributed by atoms with Crippen LogP contribution in [0.25, 0.3) is 0 Å². The number of urea groups is 1. The lowest BCUT2D eigenvalue weighted by molar-refractivity contribution is 0.0697. The van der Waals surface area contributed by atoms with Crippen LogP contribution in [-0.2, 0) is 6.54 Å². The minimum Gasteiger partial charge on any atom is -0.478 e. The van der Waals surface area contributed by atoms with Gasteiger partial charge in [-0.05, 0) is 18.2 Å². The number of aromatic carboxylic acids is 1. The third-order valence-corrected chi connectivity index (χ3v) is 2.57. The van der Waals surface area contributed by atoms with Crippen molar-refractivity contribution < 1.29 is 14.7 Å². The number of hydrogen-bond donors (Lipinski definition) is 4. The summed E-state index contributed by atoms with van der Waals surface area (Å²) in [5.41, 5.74) is 0.329. The number of aromatic amines is 1. The van der Waals surface area contributed by atoms with Gasteiger partial charge in [-0.15, -0.1) is 10.2 Å². The van der Waals surface area contributed by atoms with E-state index in [2.05, 4.69) is 31.3 Å². The SMILES string of the molecule is O=C(NCc1nn[nH]n1)Nc1ccc(C(=O)O)c(Cl)c1. The van der Waals surface area contributed by atoms with Gasteiger partial charge in [-0.2, -0.15) is 5.21 Å². The molecule has 1 aromatic carbocycles. The van der Waals surface area contributed by atoms with Crippen LogP contribution in [-0.4, -0.2) is 37.7 Å². The van der Waals surface area contributed by atoms with Crippen molar-refractivity contribution in [1.82, 2.24) is 25.9 Å². The predicted octanol–water partition coefficient (Wildman–Crippen LogP) is 0.873. The van der Waals surface area contributed by atoms with Gasteiger partial charge in [-0.3, -0.25) is 0 Å². The number of tetrazole rings is 1. The molecule has 104 valence electrons. The highest BCUT2D eigenvalue weighted by Crippen LogP contribution is 2.20. The fourth-order valence-corrected chi connectivity index (χ4v) is 1.62. The molecule has 0 bridgehead atoms. The van der Waals surface area contributed by atoms with Crippen molar-refractivity contribution in [3.05, 3.63) is 34.6 Å². The Morgan fingerprint density at radius 3 is 2.80 bits per heavy atom. The topological polar surface area (TPSA) is 133 Å². The quantitative estimate of drug-likeness (QED) is 0.661. The minimum atomic E-state index is -1.14. The van der Waals surface area contributed by atoms with Crippen LogP contribution in [0.15, 0.2) is 18.2 Å². The number of carboxylic acid groups (broad SMARTS) is 1. The number of anilines is 1. The third kappa shape index (κ3) is 3.42. The maximum Gasteiger partial charge on any atom is 0.337 e. The molecule has 4 N–H and O–H groups in total. The van der Waals surface area contributed by atoms with Gasteiger partial charge in [-0.25, -0.2) is 9.59 Å². The number of benzene rings is 1. The Morgan fingerprint density at radius 1 is 1.40 bits per heavy atom. The number of amides is 2. The molecule has 1 heterocycles. The number of rotatable bonds is 4. The average molecular weight is 297 g/mol. The van der Waals surface area contributed by atoms with E-state index in [4.69, 9.17) is 16.7 Å². The number of carbonyl (C=O) groups is 2. The number of hydrogen-bond acceptors (Lipinski definition) is 5. The molecule has 2 aromatic rings. The Morgan fingerprint density at radius 2 is 2.20 bits per heavy atom. The van der Waals surface area contributed by atoms with Crippen molar-refractivity contribution in [3.63, 3.8) is 0 Å². The summed E-state index contributed by atoms with van der Waals surface area (Å²) in [6.07, 6.45) is 0. The molecule has 0 saturated carbocycles. The maximum absolute atomic E-state index is 11.6. The average Bonchev–Trinajstić information content (AvgIpc) is 2.89. The molecule has 0 radical (unpaired) electrons. The summed E-state index contributed by atoms with van der Waals surface area (Å²) < 4.78 is 0. The second-order valence-electron chi connectivity index (χ2n) is 3.64. The normalized spacial score (nSPS) is 10.1. The molecule has 1 aromatic heterocycles. The molecule has 0 fully saturated rings. The maximum atomic E-state index is 11.6. The zero-order valence-electron chi connectivity index (χ0n) is 9.92. The van der Waals surface area contributed by atoms with Crippen molar-refractivity contribution in [2.24, 2.45) is 0 Å². The van der Waals surface area contributed by atoms with E-state index in [0.29, 0.717) is 11.5 Å². The van der Waals surface area contributed by atoms with Crippen molar-refractivity contribution >= 4 is 29.3 Å². The molecular weight excluding hydrogens is 288 g/mol. The highest BCUT2D eigenvalue weighted by molar-refractivity contribution is 6.33. The highest BCUT2D eigenvalue weighted by Gasteiger charge is 2.10. The van der Waals surface area contributed by atoms with Crippen molar-refractivity contribution in [3.8, 4) is 0 Å². The van der Waals surface area contributed by atoms with Gasteiger partial charge in [-0.1, -0.05) is 16.8 Å². The van der Waals surface area contributed by atoms with E-state index in [1.54, 1.807) is 0 Å². The van der Waals surface area contributed by atoms with Gasteiger partial charge in [0, 0.05) is 5.69 Å². The summed E-state index contributed by atoms with van der Waals surface area (Å²) in [4.78, 5) is 22.4. The van der Waals surface area contributed by atoms with Crippen molar-refractivity contribution in [2.75, 3.05) is 5.32 Å². The van der Waals surface area contributed by atoms with E-state index in [1.807, 2.05) is 0 Å². The van der Waals surface area contributed by atoms with Crippen LogP contribution in [0.1, 0.15) is 16.2 Å². The number of H-pyrrole nitrogens is 1. The van der Waals surface area contributed by atoms with Gasteiger partial charge in [0.2, 0.25) is 0 Å². The second kappa shape index (κ2) is 5.97. The first-order chi connectivity index (χ1) is 9.56. The lowest BCUT2D eigenvalue weighted by Crippen LogP contribution is -2.28. The highest BCUT2D eigenvalue weighted by atomic mass is 35.5. The van der Waals surface area contributed by atoms with E-state index in [0.717, 1.165) is 0 Å². The van der Waals surface area contributed by atoms with E-state index in [1.165, 1.54) is 18.2 Å². The van der Waals surface area contributed by atoms with E-state index < -0.39 is 12.0 Å². The van der Waals surface area contributed by atoms with Crippen molar-refractivity contribution in [2.45, 2.75) is 6.54 Å². The lowest BCUT2D eigenvalue weighted by atomic mass is 10.2. The summed E-state index contributed by atoms with van der Waals surface area (Å²) in [7, 11) is 0. The largest absolute Gasteiger partial charge is 0.478 e. The van der Waals surface area contributed by atoms with Crippen LogP contribution in [0.2, 0.25) is 5.02 Å². The standard InChI is InChI=1S/C10H9ClN6O3/c11-7-3-5(1-2-6(7)9(18)19)13-10(20)12-4-8-14-16-17-15-8/h1-3H,4H2,(H,18,19)(H2,12,13,20)(H,14,15,16,17). The molecule has 0 aliphatic heterocycles. The Balaban J connectivity index is 1.94. The number of nitrogens with zero attached hydrogens (tertiary/aromatic N) is 3. The fraction of sp³-hybridized carbons (Fsp3) is 0.100. The Kier molecular flexibility index (Phi) is 4.11. The second-order valence-corrected chi connectivity index (χ2v) is 4.04. The lowest BCUT2D eigenvalue weighted by Gasteiger charge is -2.07. The molecule has 0 atom stereocenters. The fourth-order valence-electron chi connectivity index (χ4n) is 1.36. The monoisotopic (exact) mass is 296 g/mol. The summed E-state index contributed by atoms with van der Waals surface area (Å²) in [6.45, 7) is 0.100. The van der Waals surface area contributed by atoms with Crippen molar-refractivity contribution in [1.29, 1.82) is 0 Å². The molecule has 2 amide bonds. The Bertz CT molecular complexity index is 630. The van der Waals surface area contributed by atoms with E-state index >= 15 is 0 Å². The van der Waals surface area contributed by atoms with Crippen LogP contribution in [0.3, 0.4) is 0 Å². The van der Waals surface area contributed by atoms with Gasteiger partial charge in [0.15, 0.2) is 5.82 Å². The third-order valence-electron chi connectivity index (χ3n) is 2.25.